The molecule has 2 aromatic carbocycles. The second-order valence-electron chi connectivity index (χ2n) is 6.89. The van der Waals surface area contributed by atoms with Gasteiger partial charge in [0, 0.05) is 10.0 Å². The Morgan fingerprint density at radius 3 is 2.50 bits per heavy atom. The SMILES string of the molecule is Cc1cc(OCC(=O)NNC(=S)NC(=O)c2cccc(OCC(C)C)c2)ccc1Br. The smallest absolute Gasteiger partial charge is 0.276 e. The fraction of sp³-hybridized carbons (Fsp3) is 0.286. The topological polar surface area (TPSA) is 88.7 Å². The number of rotatable bonds is 7. The van der Waals surface area contributed by atoms with Gasteiger partial charge in [0.2, 0.25) is 0 Å². The van der Waals surface area contributed by atoms with Crippen LogP contribution in [0.3, 0.4) is 0 Å². The van der Waals surface area contributed by atoms with Gasteiger partial charge in [-0.1, -0.05) is 35.8 Å². The third-order valence-corrected chi connectivity index (χ3v) is 4.82. The second-order valence-corrected chi connectivity index (χ2v) is 8.15. The third-order valence-electron chi connectivity index (χ3n) is 3.72. The van der Waals surface area contributed by atoms with Crippen LogP contribution in [0.15, 0.2) is 46.9 Å². The Kier molecular flexibility index (Phi) is 9.07. The quantitative estimate of drug-likeness (QED) is 0.404. The first-order valence-corrected chi connectivity index (χ1v) is 10.5. The molecular weight excluding hydrogens is 470 g/mol. The number of benzene rings is 2. The normalized spacial score (nSPS) is 10.3. The lowest BCUT2D eigenvalue weighted by Gasteiger charge is -2.12. The fourth-order valence-electron chi connectivity index (χ4n) is 2.21. The standard InChI is InChI=1S/C21H24BrN3O4S/c1-13(2)11-28-16-6-4-5-15(10-16)20(27)23-21(30)25-24-19(26)12-29-17-7-8-18(22)14(3)9-17/h4-10,13H,11-12H2,1-3H3,(H,24,26)(H2,23,25,27,30). The average molecular weight is 494 g/mol. The van der Waals surface area contributed by atoms with Crippen LogP contribution in [0.1, 0.15) is 29.8 Å². The van der Waals surface area contributed by atoms with Crippen LogP contribution in [-0.2, 0) is 4.79 Å². The predicted molar refractivity (Wildman–Crippen MR) is 122 cm³/mol. The van der Waals surface area contributed by atoms with Gasteiger partial charge in [-0.25, -0.2) is 0 Å². The maximum atomic E-state index is 12.3. The van der Waals surface area contributed by atoms with E-state index in [0.29, 0.717) is 29.6 Å². The molecule has 2 aromatic rings. The molecular formula is C21H24BrN3O4S. The zero-order chi connectivity index (χ0) is 22.1. The lowest BCUT2D eigenvalue weighted by atomic mass is 10.2. The van der Waals surface area contributed by atoms with Crippen LogP contribution < -0.4 is 25.6 Å². The molecule has 0 heterocycles. The summed E-state index contributed by atoms with van der Waals surface area (Å²) in [6.45, 7) is 6.35. The molecule has 0 aromatic heterocycles. The van der Waals surface area contributed by atoms with E-state index in [1.807, 2.05) is 32.9 Å². The highest BCUT2D eigenvalue weighted by atomic mass is 79.9. The number of amides is 2. The van der Waals surface area contributed by atoms with Gasteiger partial charge in [0.1, 0.15) is 11.5 Å². The van der Waals surface area contributed by atoms with Crippen LogP contribution in [0, 0.1) is 12.8 Å². The van der Waals surface area contributed by atoms with Gasteiger partial charge in [-0.2, -0.15) is 0 Å². The summed E-state index contributed by atoms with van der Waals surface area (Å²) in [5.74, 6) is 0.680. The van der Waals surface area contributed by atoms with Crippen molar-refractivity contribution in [3.8, 4) is 11.5 Å². The van der Waals surface area contributed by atoms with Crippen LogP contribution in [0.4, 0.5) is 0 Å². The number of thiocarbonyl (C=S) groups is 1. The maximum absolute atomic E-state index is 12.3. The van der Waals surface area contributed by atoms with E-state index in [4.69, 9.17) is 21.7 Å². The Labute approximate surface area is 189 Å². The minimum Gasteiger partial charge on any atom is -0.493 e. The lowest BCUT2D eigenvalue weighted by Crippen LogP contribution is -2.49. The summed E-state index contributed by atoms with van der Waals surface area (Å²) in [4.78, 5) is 24.2. The van der Waals surface area contributed by atoms with E-state index in [-0.39, 0.29) is 11.7 Å². The summed E-state index contributed by atoms with van der Waals surface area (Å²) in [5.41, 5.74) is 6.24. The van der Waals surface area contributed by atoms with Gasteiger partial charge < -0.3 is 9.47 Å². The molecule has 0 spiro atoms. The molecule has 30 heavy (non-hydrogen) atoms. The van der Waals surface area contributed by atoms with Gasteiger partial charge in [0.25, 0.3) is 11.8 Å². The fourth-order valence-corrected chi connectivity index (χ4v) is 2.61. The molecule has 0 radical (unpaired) electrons. The largest absolute Gasteiger partial charge is 0.493 e. The van der Waals surface area contributed by atoms with E-state index < -0.39 is 11.8 Å². The number of hydrogen-bond acceptors (Lipinski definition) is 5. The van der Waals surface area contributed by atoms with E-state index in [1.54, 1.807) is 30.3 Å². The molecule has 0 saturated carbocycles. The van der Waals surface area contributed by atoms with Crippen molar-refractivity contribution in [2.24, 2.45) is 5.92 Å². The van der Waals surface area contributed by atoms with Crippen LogP contribution in [0.5, 0.6) is 11.5 Å². The van der Waals surface area contributed by atoms with E-state index in [0.717, 1.165) is 10.0 Å². The first kappa shape index (κ1) is 23.6. The summed E-state index contributed by atoms with van der Waals surface area (Å²) in [7, 11) is 0. The molecule has 7 nitrogen and oxygen atoms in total. The number of nitrogens with one attached hydrogen (secondary N) is 3. The highest BCUT2D eigenvalue weighted by Crippen LogP contribution is 2.21. The summed E-state index contributed by atoms with van der Waals surface area (Å²) in [5, 5.41) is 2.46. The van der Waals surface area contributed by atoms with Gasteiger partial charge in [-0.05, 0) is 67.0 Å². The summed E-state index contributed by atoms with van der Waals surface area (Å²) in [6.07, 6.45) is 0. The van der Waals surface area contributed by atoms with Gasteiger partial charge in [-0.3, -0.25) is 25.8 Å². The minimum absolute atomic E-state index is 0.0404. The van der Waals surface area contributed by atoms with Crippen LogP contribution in [0.25, 0.3) is 0 Å². The van der Waals surface area contributed by atoms with Crippen molar-refractivity contribution in [3.63, 3.8) is 0 Å². The number of carbonyl (C=O) groups excluding carboxylic acids is 2. The van der Waals surface area contributed by atoms with Crippen molar-refractivity contribution in [2.75, 3.05) is 13.2 Å². The van der Waals surface area contributed by atoms with Gasteiger partial charge >= 0.3 is 0 Å². The Balaban J connectivity index is 1.76. The van der Waals surface area contributed by atoms with Crippen molar-refractivity contribution in [2.45, 2.75) is 20.8 Å². The highest BCUT2D eigenvalue weighted by Gasteiger charge is 2.10. The van der Waals surface area contributed by atoms with E-state index >= 15 is 0 Å². The molecule has 9 heteroatoms. The maximum Gasteiger partial charge on any atom is 0.276 e. The van der Waals surface area contributed by atoms with E-state index in [2.05, 4.69) is 32.1 Å². The molecule has 3 N–H and O–H groups in total. The van der Waals surface area contributed by atoms with Gasteiger partial charge in [0.05, 0.1) is 6.61 Å². The molecule has 2 rings (SSSR count). The van der Waals surface area contributed by atoms with E-state index in [9.17, 15) is 9.59 Å². The number of aryl methyl sites for hydroxylation is 1. The zero-order valence-corrected chi connectivity index (χ0v) is 19.4. The van der Waals surface area contributed by atoms with Gasteiger partial charge in [-0.15, -0.1) is 0 Å². The number of carbonyl (C=O) groups is 2. The Hall–Kier alpha value is -2.65. The summed E-state index contributed by atoms with van der Waals surface area (Å²) >= 11 is 8.44. The lowest BCUT2D eigenvalue weighted by molar-refractivity contribution is -0.123. The monoisotopic (exact) mass is 493 g/mol. The molecule has 2 amide bonds. The number of halogens is 1. The summed E-state index contributed by atoms with van der Waals surface area (Å²) < 4.78 is 12.0. The number of hydrazine groups is 1. The molecule has 160 valence electrons. The predicted octanol–water partition coefficient (Wildman–Crippen LogP) is 3.51. The first-order valence-electron chi connectivity index (χ1n) is 9.26. The van der Waals surface area contributed by atoms with E-state index in [1.165, 1.54) is 0 Å². The Morgan fingerprint density at radius 1 is 1.07 bits per heavy atom. The molecule has 0 saturated heterocycles. The Morgan fingerprint density at radius 2 is 1.80 bits per heavy atom. The molecule has 0 atom stereocenters. The second kappa shape index (κ2) is 11.5. The van der Waals surface area contributed by atoms with Crippen LogP contribution in [-0.4, -0.2) is 30.1 Å². The van der Waals surface area contributed by atoms with Crippen molar-refractivity contribution in [1.82, 2.24) is 16.2 Å². The van der Waals surface area contributed by atoms with Crippen LogP contribution in [0.2, 0.25) is 0 Å². The van der Waals surface area contributed by atoms with Crippen molar-refractivity contribution in [3.05, 3.63) is 58.1 Å². The minimum atomic E-state index is -0.448. The number of ether oxygens (including phenoxy) is 2. The Bertz CT molecular complexity index is 921. The molecule has 0 aliphatic rings. The molecule has 0 bridgehead atoms. The highest BCUT2D eigenvalue weighted by molar-refractivity contribution is 9.10. The molecule has 0 aliphatic carbocycles. The van der Waals surface area contributed by atoms with Crippen molar-refractivity contribution in [1.29, 1.82) is 0 Å². The van der Waals surface area contributed by atoms with Crippen LogP contribution >= 0.6 is 28.1 Å². The zero-order valence-electron chi connectivity index (χ0n) is 17.0. The average Bonchev–Trinajstić information content (AvgIpc) is 2.71. The molecule has 0 fully saturated rings. The van der Waals surface area contributed by atoms with Gasteiger partial charge in [0.15, 0.2) is 11.7 Å². The molecule has 0 aliphatic heterocycles. The third kappa shape index (κ3) is 8.00. The molecule has 0 unspecified atom stereocenters. The first-order chi connectivity index (χ1) is 14.2. The van der Waals surface area contributed by atoms with Crippen molar-refractivity contribution >= 4 is 45.1 Å². The number of hydrogen-bond donors (Lipinski definition) is 3. The van der Waals surface area contributed by atoms with Crippen molar-refractivity contribution < 1.29 is 19.1 Å². The summed E-state index contributed by atoms with van der Waals surface area (Å²) in [6, 6.07) is 12.2.